The molecule has 0 atom stereocenters. The topological polar surface area (TPSA) is 42.2 Å². The molecule has 3 nitrogen and oxygen atoms in total. The minimum Gasteiger partial charge on any atom is -0.477 e. The molecule has 0 aliphatic heterocycles. The Labute approximate surface area is 83.5 Å². The average Bonchev–Trinajstić information content (AvgIpc) is 2.47. The molecule has 78 valence electrons. The molecule has 5 heteroatoms. The second-order valence-corrected chi connectivity index (χ2v) is 3.21. The number of aryl methyl sites for hydroxylation is 1. The lowest BCUT2D eigenvalue weighted by Crippen LogP contribution is -2.05. The van der Waals surface area contributed by atoms with Crippen molar-refractivity contribution in [2.45, 2.75) is 0 Å². The summed E-state index contributed by atoms with van der Waals surface area (Å²) in [5, 5.41) is 8.73. The highest BCUT2D eigenvalue weighted by Crippen LogP contribution is 2.24. The SMILES string of the molecule is Cn1ccc2c(F)c(C(=O)O)c(F)cc21. The third-order valence-electron chi connectivity index (χ3n) is 2.29. The van der Waals surface area contributed by atoms with Crippen LogP contribution in [-0.2, 0) is 7.05 Å². The van der Waals surface area contributed by atoms with Gasteiger partial charge in [-0.2, -0.15) is 0 Å². The third kappa shape index (κ3) is 1.27. The number of hydrogen-bond acceptors (Lipinski definition) is 1. The summed E-state index contributed by atoms with van der Waals surface area (Å²) >= 11 is 0. The smallest absolute Gasteiger partial charge is 0.341 e. The molecule has 0 saturated heterocycles. The lowest BCUT2D eigenvalue weighted by Gasteiger charge is -2.02. The van der Waals surface area contributed by atoms with Crippen molar-refractivity contribution in [1.82, 2.24) is 4.57 Å². The minimum absolute atomic E-state index is 0.108. The molecule has 0 amide bonds. The highest BCUT2D eigenvalue weighted by Gasteiger charge is 2.20. The Hall–Kier alpha value is -1.91. The van der Waals surface area contributed by atoms with Gasteiger partial charge in [-0.3, -0.25) is 0 Å². The molecule has 1 heterocycles. The van der Waals surface area contributed by atoms with Crippen molar-refractivity contribution >= 4 is 16.9 Å². The molecule has 1 aromatic heterocycles. The number of rotatable bonds is 1. The maximum absolute atomic E-state index is 13.6. The summed E-state index contributed by atoms with van der Waals surface area (Å²) in [6.45, 7) is 0. The molecule has 0 unspecified atom stereocenters. The molecule has 0 saturated carbocycles. The summed E-state index contributed by atoms with van der Waals surface area (Å²) < 4.78 is 28.3. The van der Waals surface area contributed by atoms with Gasteiger partial charge >= 0.3 is 5.97 Å². The monoisotopic (exact) mass is 211 g/mol. The van der Waals surface area contributed by atoms with Crippen LogP contribution in [0.3, 0.4) is 0 Å². The standard InChI is InChI=1S/C10H7F2NO2/c1-13-3-2-5-7(13)4-6(11)8(9(5)12)10(14)15/h2-4H,1H3,(H,14,15). The molecule has 1 N–H and O–H groups in total. The molecule has 1 aromatic carbocycles. The highest BCUT2D eigenvalue weighted by atomic mass is 19.1. The maximum Gasteiger partial charge on any atom is 0.341 e. The zero-order valence-corrected chi connectivity index (χ0v) is 7.79. The number of aromatic carboxylic acids is 1. The van der Waals surface area contributed by atoms with E-state index in [1.54, 1.807) is 13.2 Å². The van der Waals surface area contributed by atoms with Gasteiger partial charge in [0.25, 0.3) is 0 Å². The first-order valence-electron chi connectivity index (χ1n) is 4.18. The molecular formula is C10H7F2NO2. The van der Waals surface area contributed by atoms with Gasteiger partial charge in [-0.1, -0.05) is 0 Å². The van der Waals surface area contributed by atoms with E-state index in [1.165, 1.54) is 10.6 Å². The van der Waals surface area contributed by atoms with Crippen molar-refractivity contribution in [3.63, 3.8) is 0 Å². The second-order valence-electron chi connectivity index (χ2n) is 3.21. The van der Waals surface area contributed by atoms with E-state index in [0.29, 0.717) is 5.52 Å². The van der Waals surface area contributed by atoms with E-state index in [9.17, 15) is 13.6 Å². The van der Waals surface area contributed by atoms with Gasteiger partial charge in [0.2, 0.25) is 0 Å². The lowest BCUT2D eigenvalue weighted by atomic mass is 10.1. The van der Waals surface area contributed by atoms with Crippen LogP contribution >= 0.6 is 0 Å². The predicted octanol–water partition coefficient (Wildman–Crippen LogP) is 2.15. The quantitative estimate of drug-likeness (QED) is 0.785. The zero-order chi connectivity index (χ0) is 11.2. The molecule has 2 rings (SSSR count). The van der Waals surface area contributed by atoms with Gasteiger partial charge in [-0.05, 0) is 12.1 Å². The molecule has 0 bridgehead atoms. The van der Waals surface area contributed by atoms with Crippen molar-refractivity contribution in [3.05, 3.63) is 35.5 Å². The van der Waals surface area contributed by atoms with E-state index in [4.69, 9.17) is 5.11 Å². The Balaban J connectivity index is 2.91. The van der Waals surface area contributed by atoms with Crippen LogP contribution in [0.15, 0.2) is 18.3 Å². The lowest BCUT2D eigenvalue weighted by molar-refractivity contribution is 0.0687. The maximum atomic E-state index is 13.6. The number of benzene rings is 1. The molecule has 15 heavy (non-hydrogen) atoms. The van der Waals surface area contributed by atoms with Crippen LogP contribution in [0.1, 0.15) is 10.4 Å². The van der Waals surface area contributed by atoms with Crippen molar-refractivity contribution in [2.24, 2.45) is 7.05 Å². The van der Waals surface area contributed by atoms with Gasteiger partial charge < -0.3 is 9.67 Å². The Morgan fingerprint density at radius 1 is 1.47 bits per heavy atom. The van der Waals surface area contributed by atoms with Gasteiger partial charge in [-0.15, -0.1) is 0 Å². The summed E-state index contributed by atoms with van der Waals surface area (Å²) in [6, 6.07) is 2.43. The Kier molecular flexibility index (Phi) is 1.96. The van der Waals surface area contributed by atoms with Crippen LogP contribution in [0.5, 0.6) is 0 Å². The summed E-state index contributed by atoms with van der Waals surface area (Å²) in [7, 11) is 1.63. The molecule has 2 aromatic rings. The van der Waals surface area contributed by atoms with Gasteiger partial charge in [0.15, 0.2) is 0 Å². The Morgan fingerprint density at radius 3 is 2.73 bits per heavy atom. The molecule has 0 radical (unpaired) electrons. The normalized spacial score (nSPS) is 10.9. The number of carbonyl (C=O) groups is 1. The van der Waals surface area contributed by atoms with Crippen LogP contribution in [0, 0.1) is 11.6 Å². The Morgan fingerprint density at radius 2 is 2.13 bits per heavy atom. The molecule has 0 aliphatic carbocycles. The van der Waals surface area contributed by atoms with E-state index in [0.717, 1.165) is 6.07 Å². The van der Waals surface area contributed by atoms with Crippen molar-refractivity contribution in [3.8, 4) is 0 Å². The number of halogens is 2. The molecular weight excluding hydrogens is 204 g/mol. The van der Waals surface area contributed by atoms with Gasteiger partial charge in [0.1, 0.15) is 17.2 Å². The van der Waals surface area contributed by atoms with Crippen molar-refractivity contribution < 1.29 is 18.7 Å². The van der Waals surface area contributed by atoms with E-state index in [-0.39, 0.29) is 5.39 Å². The van der Waals surface area contributed by atoms with Crippen LogP contribution in [0.25, 0.3) is 10.9 Å². The largest absolute Gasteiger partial charge is 0.477 e. The van der Waals surface area contributed by atoms with E-state index in [2.05, 4.69) is 0 Å². The summed E-state index contributed by atoms with van der Waals surface area (Å²) in [5.74, 6) is -3.69. The highest BCUT2D eigenvalue weighted by molar-refractivity contribution is 5.94. The summed E-state index contributed by atoms with van der Waals surface area (Å²) in [6.07, 6.45) is 1.54. The average molecular weight is 211 g/mol. The third-order valence-corrected chi connectivity index (χ3v) is 2.29. The first-order chi connectivity index (χ1) is 7.02. The van der Waals surface area contributed by atoms with Gasteiger partial charge in [0, 0.05) is 18.6 Å². The van der Waals surface area contributed by atoms with Crippen LogP contribution in [-0.4, -0.2) is 15.6 Å². The molecule has 0 spiro atoms. The number of carboxylic acid groups (broad SMARTS) is 1. The number of fused-ring (bicyclic) bond motifs is 1. The fourth-order valence-electron chi connectivity index (χ4n) is 1.53. The molecule has 0 aliphatic rings. The predicted molar refractivity (Wildman–Crippen MR) is 49.8 cm³/mol. The number of aromatic nitrogens is 1. The fraction of sp³-hybridized carbons (Fsp3) is 0.100. The summed E-state index contributed by atoms with van der Waals surface area (Å²) in [4.78, 5) is 10.6. The minimum atomic E-state index is -1.60. The number of nitrogens with zero attached hydrogens (tertiary/aromatic N) is 1. The fourth-order valence-corrected chi connectivity index (χ4v) is 1.53. The summed E-state index contributed by atoms with van der Waals surface area (Å²) in [5.41, 5.74) is -0.580. The van der Waals surface area contributed by atoms with Crippen LogP contribution in [0.2, 0.25) is 0 Å². The Bertz CT molecular complexity index is 560. The van der Waals surface area contributed by atoms with Gasteiger partial charge in [-0.25, -0.2) is 13.6 Å². The zero-order valence-electron chi connectivity index (χ0n) is 7.79. The van der Waals surface area contributed by atoms with E-state index < -0.39 is 23.2 Å². The van der Waals surface area contributed by atoms with Crippen LogP contribution < -0.4 is 0 Å². The number of hydrogen-bond donors (Lipinski definition) is 1. The van der Waals surface area contributed by atoms with Crippen molar-refractivity contribution in [2.75, 3.05) is 0 Å². The number of carboxylic acids is 1. The van der Waals surface area contributed by atoms with E-state index in [1.807, 2.05) is 0 Å². The van der Waals surface area contributed by atoms with Crippen LogP contribution in [0.4, 0.5) is 8.78 Å². The van der Waals surface area contributed by atoms with Gasteiger partial charge in [0.05, 0.1) is 5.52 Å². The molecule has 0 fully saturated rings. The second kappa shape index (κ2) is 3.05. The first-order valence-corrected chi connectivity index (χ1v) is 4.18. The van der Waals surface area contributed by atoms with E-state index >= 15 is 0 Å². The first kappa shape index (κ1) is 9.64. The van der Waals surface area contributed by atoms with Crippen molar-refractivity contribution in [1.29, 1.82) is 0 Å².